The van der Waals surface area contributed by atoms with Gasteiger partial charge in [-0.1, -0.05) is 25.1 Å². The van der Waals surface area contributed by atoms with Gasteiger partial charge in [-0.15, -0.1) is 11.3 Å². The zero-order chi connectivity index (χ0) is 14.5. The first-order valence-electron chi connectivity index (χ1n) is 7.88. The van der Waals surface area contributed by atoms with Gasteiger partial charge in [0.05, 0.1) is 6.61 Å². The minimum atomic E-state index is 0.459. The van der Waals surface area contributed by atoms with E-state index in [-0.39, 0.29) is 0 Å². The number of rotatable bonds is 7. The summed E-state index contributed by atoms with van der Waals surface area (Å²) in [5.41, 5.74) is 2.78. The molecule has 1 aliphatic heterocycles. The summed E-state index contributed by atoms with van der Waals surface area (Å²) < 4.78 is 5.60. The molecule has 1 atom stereocenters. The van der Waals surface area contributed by atoms with Crippen molar-refractivity contribution < 1.29 is 4.74 Å². The number of benzene rings is 1. The quantitative estimate of drug-likeness (QED) is 0.820. The van der Waals surface area contributed by atoms with Gasteiger partial charge < -0.3 is 10.1 Å². The molecule has 1 N–H and O–H groups in total. The van der Waals surface area contributed by atoms with Crippen molar-refractivity contribution >= 4 is 11.3 Å². The first kappa shape index (κ1) is 14.6. The minimum absolute atomic E-state index is 0.459. The molecule has 3 heteroatoms. The zero-order valence-electron chi connectivity index (χ0n) is 12.6. The van der Waals surface area contributed by atoms with Gasteiger partial charge in [0.2, 0.25) is 0 Å². The van der Waals surface area contributed by atoms with Crippen LogP contribution in [0.25, 0.3) is 0 Å². The lowest BCUT2D eigenvalue weighted by Gasteiger charge is -2.19. The van der Waals surface area contributed by atoms with E-state index in [2.05, 4.69) is 48.0 Å². The largest absolute Gasteiger partial charge is 0.493 e. The highest BCUT2D eigenvalue weighted by atomic mass is 32.1. The lowest BCUT2D eigenvalue weighted by atomic mass is 9.98. The molecule has 1 unspecified atom stereocenters. The number of hydrogen-bond acceptors (Lipinski definition) is 3. The maximum Gasteiger partial charge on any atom is 0.122 e. The summed E-state index contributed by atoms with van der Waals surface area (Å²) in [5.74, 6) is 1.08. The fraction of sp³-hybridized carbons (Fsp3) is 0.444. The first-order chi connectivity index (χ1) is 10.4. The molecule has 1 aromatic heterocycles. The van der Waals surface area contributed by atoms with Crippen molar-refractivity contribution in [1.29, 1.82) is 0 Å². The number of fused-ring (bicyclic) bond motifs is 1. The minimum Gasteiger partial charge on any atom is -0.493 e. The Bertz CT molecular complexity index is 565. The number of hydrogen-bond donors (Lipinski definition) is 1. The van der Waals surface area contributed by atoms with Crippen LogP contribution in [0.2, 0.25) is 0 Å². The van der Waals surface area contributed by atoms with Gasteiger partial charge in [-0.05, 0) is 54.4 Å². The number of thiophene rings is 1. The molecule has 0 fully saturated rings. The summed E-state index contributed by atoms with van der Waals surface area (Å²) in [5, 5.41) is 5.80. The van der Waals surface area contributed by atoms with Gasteiger partial charge in [-0.2, -0.15) is 0 Å². The molecule has 0 bridgehead atoms. The third-order valence-electron chi connectivity index (χ3n) is 4.06. The molecule has 0 aliphatic carbocycles. The van der Waals surface area contributed by atoms with Crippen LogP contribution in [0.15, 0.2) is 35.7 Å². The van der Waals surface area contributed by atoms with Crippen LogP contribution in [0.5, 0.6) is 5.75 Å². The van der Waals surface area contributed by atoms with Crippen LogP contribution >= 0.6 is 11.3 Å². The molecule has 0 saturated heterocycles. The standard InChI is InChI=1S/C18H23NOS/c1-2-19-17(7-3-5-16-6-4-12-21-16)14-8-9-18-15(13-14)10-11-20-18/h4,6,8-9,12-13,17,19H,2-3,5,7,10-11H2,1H3. The molecule has 0 amide bonds. The molecular formula is C18H23NOS. The zero-order valence-corrected chi connectivity index (χ0v) is 13.4. The number of aryl methyl sites for hydroxylation is 1. The lowest BCUT2D eigenvalue weighted by Crippen LogP contribution is -2.21. The predicted molar refractivity (Wildman–Crippen MR) is 89.3 cm³/mol. The molecule has 0 saturated carbocycles. The topological polar surface area (TPSA) is 21.3 Å². The van der Waals surface area contributed by atoms with Crippen molar-refractivity contribution in [1.82, 2.24) is 5.32 Å². The van der Waals surface area contributed by atoms with E-state index < -0.39 is 0 Å². The van der Waals surface area contributed by atoms with Crippen molar-refractivity contribution in [2.75, 3.05) is 13.2 Å². The van der Waals surface area contributed by atoms with Gasteiger partial charge in [0.15, 0.2) is 0 Å². The van der Waals surface area contributed by atoms with Crippen LogP contribution in [-0.2, 0) is 12.8 Å². The molecule has 0 spiro atoms. The SMILES string of the molecule is CCNC(CCCc1cccs1)c1ccc2c(c1)CCO2. The van der Waals surface area contributed by atoms with Gasteiger partial charge >= 0.3 is 0 Å². The second-order valence-corrected chi connectivity index (χ2v) is 6.58. The van der Waals surface area contributed by atoms with Crippen LogP contribution in [0, 0.1) is 0 Å². The van der Waals surface area contributed by atoms with Crippen LogP contribution < -0.4 is 10.1 Å². The smallest absolute Gasteiger partial charge is 0.122 e. The van der Waals surface area contributed by atoms with Gasteiger partial charge in [-0.3, -0.25) is 0 Å². The first-order valence-corrected chi connectivity index (χ1v) is 8.76. The molecule has 21 heavy (non-hydrogen) atoms. The summed E-state index contributed by atoms with van der Waals surface area (Å²) >= 11 is 1.86. The van der Waals surface area contributed by atoms with Gasteiger partial charge in [0.1, 0.15) is 5.75 Å². The third-order valence-corrected chi connectivity index (χ3v) is 5.00. The van der Waals surface area contributed by atoms with Crippen molar-refractivity contribution in [2.45, 2.75) is 38.6 Å². The van der Waals surface area contributed by atoms with Crippen molar-refractivity contribution in [3.05, 3.63) is 51.7 Å². The van der Waals surface area contributed by atoms with E-state index in [1.807, 2.05) is 11.3 Å². The fourth-order valence-corrected chi connectivity index (χ4v) is 3.74. The Labute approximate surface area is 131 Å². The molecule has 1 aromatic carbocycles. The normalized spacial score (nSPS) is 14.7. The van der Waals surface area contributed by atoms with Crippen LogP contribution in [0.1, 0.15) is 41.8 Å². The van der Waals surface area contributed by atoms with E-state index >= 15 is 0 Å². The Morgan fingerprint density at radius 1 is 1.33 bits per heavy atom. The highest BCUT2D eigenvalue weighted by molar-refractivity contribution is 7.09. The lowest BCUT2D eigenvalue weighted by molar-refractivity contribution is 0.356. The second-order valence-electron chi connectivity index (χ2n) is 5.55. The van der Waals surface area contributed by atoms with E-state index in [9.17, 15) is 0 Å². The Morgan fingerprint density at radius 2 is 2.29 bits per heavy atom. The second kappa shape index (κ2) is 7.10. The Balaban J connectivity index is 1.63. The molecule has 0 radical (unpaired) electrons. The van der Waals surface area contributed by atoms with Gasteiger partial charge in [0.25, 0.3) is 0 Å². The average Bonchev–Trinajstić information content (AvgIpc) is 3.16. The summed E-state index contributed by atoms with van der Waals surface area (Å²) in [6.07, 6.45) is 4.65. The van der Waals surface area contributed by atoms with Crippen molar-refractivity contribution in [3.8, 4) is 5.75 Å². The number of nitrogens with one attached hydrogen (secondary N) is 1. The highest BCUT2D eigenvalue weighted by Gasteiger charge is 2.16. The molecule has 3 rings (SSSR count). The summed E-state index contributed by atoms with van der Waals surface area (Å²) in [4.78, 5) is 1.49. The maximum atomic E-state index is 5.60. The van der Waals surface area contributed by atoms with Crippen LogP contribution in [0.3, 0.4) is 0 Å². The molecule has 112 valence electrons. The van der Waals surface area contributed by atoms with Gasteiger partial charge in [0, 0.05) is 17.3 Å². The predicted octanol–water partition coefficient (Wildman–Crippen LogP) is 4.36. The Hall–Kier alpha value is -1.32. The van der Waals surface area contributed by atoms with E-state index in [1.165, 1.54) is 35.3 Å². The van der Waals surface area contributed by atoms with E-state index in [4.69, 9.17) is 4.74 Å². The highest BCUT2D eigenvalue weighted by Crippen LogP contribution is 2.30. The van der Waals surface area contributed by atoms with Crippen LogP contribution in [0.4, 0.5) is 0 Å². The average molecular weight is 301 g/mol. The third kappa shape index (κ3) is 3.66. The van der Waals surface area contributed by atoms with E-state index in [0.717, 1.165) is 25.3 Å². The number of ether oxygens (including phenoxy) is 1. The molecule has 1 aliphatic rings. The monoisotopic (exact) mass is 301 g/mol. The Kier molecular flexibility index (Phi) is 4.94. The van der Waals surface area contributed by atoms with Crippen molar-refractivity contribution in [3.63, 3.8) is 0 Å². The van der Waals surface area contributed by atoms with Crippen molar-refractivity contribution in [2.24, 2.45) is 0 Å². The molecule has 2 aromatic rings. The Morgan fingerprint density at radius 3 is 3.10 bits per heavy atom. The van der Waals surface area contributed by atoms with Crippen LogP contribution in [-0.4, -0.2) is 13.2 Å². The summed E-state index contributed by atoms with van der Waals surface area (Å²) in [6, 6.07) is 11.5. The van der Waals surface area contributed by atoms with Gasteiger partial charge in [-0.25, -0.2) is 0 Å². The maximum absolute atomic E-state index is 5.60. The summed E-state index contributed by atoms with van der Waals surface area (Å²) in [6.45, 7) is 4.03. The fourth-order valence-electron chi connectivity index (χ4n) is 2.99. The summed E-state index contributed by atoms with van der Waals surface area (Å²) in [7, 11) is 0. The molecular weight excluding hydrogens is 278 g/mol. The van der Waals surface area contributed by atoms with E-state index in [0.29, 0.717) is 6.04 Å². The molecule has 2 nitrogen and oxygen atoms in total. The molecule has 2 heterocycles. The van der Waals surface area contributed by atoms with E-state index in [1.54, 1.807) is 0 Å².